The summed E-state index contributed by atoms with van der Waals surface area (Å²) in [5, 5.41) is 7.92. The van der Waals surface area contributed by atoms with Crippen molar-refractivity contribution in [3.63, 3.8) is 0 Å². The quantitative estimate of drug-likeness (QED) is 0.767. The minimum absolute atomic E-state index is 0. The molecular weight excluding hydrogens is 373 g/mol. The molecule has 0 amide bonds. The SMILES string of the molecule is CCC[S+]([O-])CCn1c(=N)sc2cc(OC(F)(F)F)ccc21.Cl. The van der Waals surface area contributed by atoms with Crippen LogP contribution in [0.5, 0.6) is 5.75 Å². The molecule has 0 radical (unpaired) electrons. The third-order valence-electron chi connectivity index (χ3n) is 2.88. The van der Waals surface area contributed by atoms with Gasteiger partial charge < -0.3 is 13.9 Å². The average molecular weight is 389 g/mol. The number of alkyl halides is 3. The van der Waals surface area contributed by atoms with Gasteiger partial charge in [-0.2, -0.15) is 0 Å². The van der Waals surface area contributed by atoms with E-state index in [0.717, 1.165) is 17.8 Å². The van der Waals surface area contributed by atoms with E-state index >= 15 is 0 Å². The van der Waals surface area contributed by atoms with Crippen molar-refractivity contribution < 1.29 is 22.5 Å². The molecule has 1 atom stereocenters. The third-order valence-corrected chi connectivity index (χ3v) is 5.34. The van der Waals surface area contributed by atoms with Gasteiger partial charge in [-0.05, 0) is 24.6 Å². The van der Waals surface area contributed by atoms with Crippen LogP contribution in [-0.2, 0) is 17.7 Å². The van der Waals surface area contributed by atoms with E-state index in [4.69, 9.17) is 5.41 Å². The van der Waals surface area contributed by atoms with E-state index in [1.54, 1.807) is 4.57 Å². The summed E-state index contributed by atoms with van der Waals surface area (Å²) >= 11 is 0.121. The lowest BCUT2D eigenvalue weighted by Gasteiger charge is -2.11. The number of benzene rings is 1. The summed E-state index contributed by atoms with van der Waals surface area (Å²) in [6.45, 7) is 2.36. The van der Waals surface area contributed by atoms with Gasteiger partial charge in [0.05, 0.1) is 16.8 Å². The molecule has 0 aliphatic rings. The van der Waals surface area contributed by atoms with Crippen LogP contribution in [0.4, 0.5) is 13.2 Å². The molecule has 0 fully saturated rings. The molecule has 1 aromatic heterocycles. The van der Waals surface area contributed by atoms with Crippen LogP contribution < -0.4 is 9.54 Å². The highest BCUT2D eigenvalue weighted by atomic mass is 35.5. The summed E-state index contributed by atoms with van der Waals surface area (Å²) in [7, 11) is 0. The largest absolute Gasteiger partial charge is 0.616 e. The van der Waals surface area contributed by atoms with E-state index in [1.807, 2.05) is 6.92 Å². The second-order valence-electron chi connectivity index (χ2n) is 4.58. The van der Waals surface area contributed by atoms with Gasteiger partial charge in [-0.1, -0.05) is 29.4 Å². The maximum Gasteiger partial charge on any atom is 0.573 e. The first kappa shape index (κ1) is 20.1. The number of rotatable bonds is 6. The second-order valence-corrected chi connectivity index (χ2v) is 7.31. The lowest BCUT2D eigenvalue weighted by atomic mass is 10.3. The standard InChI is InChI=1S/C13H15F3N2O2S2.ClH/c1-2-6-22(19)7-5-18-10-4-3-9(20-13(14,15)16)8-11(10)21-12(18)17;/h3-4,8,17H,2,5-7H2,1H3;1H. The monoisotopic (exact) mass is 388 g/mol. The van der Waals surface area contributed by atoms with E-state index in [0.29, 0.717) is 28.3 Å². The van der Waals surface area contributed by atoms with Crippen molar-refractivity contribution in [1.82, 2.24) is 4.57 Å². The predicted octanol–water partition coefficient (Wildman–Crippen LogP) is 3.66. The zero-order valence-corrected chi connectivity index (χ0v) is 14.6. The average Bonchev–Trinajstić information content (AvgIpc) is 2.69. The predicted molar refractivity (Wildman–Crippen MR) is 87.8 cm³/mol. The van der Waals surface area contributed by atoms with Crippen molar-refractivity contribution in [2.75, 3.05) is 11.5 Å². The molecule has 1 N–H and O–H groups in total. The Labute approximate surface area is 144 Å². The first-order chi connectivity index (χ1) is 10.3. The number of fused-ring (bicyclic) bond motifs is 1. The molecule has 0 spiro atoms. The molecule has 1 unspecified atom stereocenters. The minimum Gasteiger partial charge on any atom is -0.616 e. The fourth-order valence-electron chi connectivity index (χ4n) is 2.01. The smallest absolute Gasteiger partial charge is 0.573 e. The van der Waals surface area contributed by atoms with Gasteiger partial charge in [-0.15, -0.1) is 25.6 Å². The molecule has 10 heteroatoms. The molecule has 0 aliphatic heterocycles. The van der Waals surface area contributed by atoms with Gasteiger partial charge in [0.15, 0.2) is 4.80 Å². The van der Waals surface area contributed by atoms with Crippen molar-refractivity contribution >= 4 is 45.1 Å². The molecular formula is C13H16ClF3N2O2S2. The first-order valence-corrected chi connectivity index (χ1v) is 8.89. The fourth-order valence-corrected chi connectivity index (χ4v) is 4.02. The summed E-state index contributed by atoms with van der Waals surface area (Å²) in [6, 6.07) is 3.99. The van der Waals surface area contributed by atoms with Gasteiger partial charge in [0.1, 0.15) is 17.3 Å². The van der Waals surface area contributed by atoms with Crippen LogP contribution >= 0.6 is 23.7 Å². The second kappa shape index (κ2) is 8.27. The summed E-state index contributed by atoms with van der Waals surface area (Å²) in [5.74, 6) is 0.735. The van der Waals surface area contributed by atoms with Gasteiger partial charge in [0.25, 0.3) is 0 Å². The fraction of sp³-hybridized carbons (Fsp3) is 0.462. The molecule has 2 rings (SSSR count). The summed E-state index contributed by atoms with van der Waals surface area (Å²) < 4.78 is 54.4. The Hall–Kier alpha value is -0.900. The van der Waals surface area contributed by atoms with E-state index in [9.17, 15) is 17.7 Å². The first-order valence-electron chi connectivity index (χ1n) is 6.59. The number of nitrogens with one attached hydrogen (secondary N) is 1. The van der Waals surface area contributed by atoms with E-state index < -0.39 is 17.5 Å². The van der Waals surface area contributed by atoms with E-state index in [2.05, 4.69) is 4.74 Å². The molecule has 0 bridgehead atoms. The Bertz CT molecular complexity index is 703. The van der Waals surface area contributed by atoms with Gasteiger partial charge in [-0.25, -0.2) is 0 Å². The number of hydrogen-bond donors (Lipinski definition) is 1. The highest BCUT2D eigenvalue weighted by Gasteiger charge is 2.31. The van der Waals surface area contributed by atoms with Crippen LogP contribution in [0.2, 0.25) is 0 Å². The van der Waals surface area contributed by atoms with E-state index in [1.165, 1.54) is 18.2 Å². The molecule has 4 nitrogen and oxygen atoms in total. The third kappa shape index (κ3) is 5.59. The molecule has 1 aromatic carbocycles. The number of aromatic nitrogens is 1. The Balaban J connectivity index is 0.00000264. The molecule has 23 heavy (non-hydrogen) atoms. The molecule has 0 aliphatic carbocycles. The molecule has 0 saturated heterocycles. The number of aryl methyl sites for hydroxylation is 1. The maximum atomic E-state index is 12.2. The Morgan fingerprint density at radius 3 is 2.65 bits per heavy atom. The van der Waals surface area contributed by atoms with Crippen LogP contribution in [0.25, 0.3) is 10.2 Å². The zero-order chi connectivity index (χ0) is 16.3. The minimum atomic E-state index is -4.73. The number of halogens is 4. The Morgan fingerprint density at radius 2 is 2.04 bits per heavy atom. The van der Waals surface area contributed by atoms with Crippen molar-refractivity contribution in [2.45, 2.75) is 26.3 Å². The van der Waals surface area contributed by atoms with Crippen molar-refractivity contribution in [3.05, 3.63) is 23.0 Å². The van der Waals surface area contributed by atoms with Gasteiger partial charge in [-0.3, -0.25) is 5.41 Å². The summed E-state index contributed by atoms with van der Waals surface area (Å²) in [5.41, 5.74) is 0.651. The Morgan fingerprint density at radius 1 is 1.35 bits per heavy atom. The normalized spacial score (nSPS) is 12.9. The van der Waals surface area contributed by atoms with Crippen LogP contribution in [-0.4, -0.2) is 27.0 Å². The molecule has 130 valence electrons. The van der Waals surface area contributed by atoms with E-state index in [-0.39, 0.29) is 23.0 Å². The summed E-state index contributed by atoms with van der Waals surface area (Å²) in [4.78, 5) is 0.215. The number of ether oxygens (including phenoxy) is 1. The lowest BCUT2D eigenvalue weighted by Crippen LogP contribution is -2.21. The highest BCUT2D eigenvalue weighted by molar-refractivity contribution is 7.91. The van der Waals surface area contributed by atoms with Crippen molar-refractivity contribution in [2.24, 2.45) is 0 Å². The zero-order valence-electron chi connectivity index (χ0n) is 12.2. The van der Waals surface area contributed by atoms with Crippen molar-refractivity contribution in [3.8, 4) is 5.75 Å². The van der Waals surface area contributed by atoms with Gasteiger partial charge in [0, 0.05) is 0 Å². The topological polar surface area (TPSA) is 61.1 Å². The van der Waals surface area contributed by atoms with Crippen LogP contribution in [0.3, 0.4) is 0 Å². The maximum absolute atomic E-state index is 12.2. The van der Waals surface area contributed by atoms with Gasteiger partial charge >= 0.3 is 6.36 Å². The van der Waals surface area contributed by atoms with Crippen LogP contribution in [0, 0.1) is 5.41 Å². The number of thiazole rings is 1. The Kier molecular flexibility index (Phi) is 7.25. The molecule has 0 saturated carbocycles. The van der Waals surface area contributed by atoms with Gasteiger partial charge in [0.2, 0.25) is 0 Å². The van der Waals surface area contributed by atoms with Crippen LogP contribution in [0.15, 0.2) is 18.2 Å². The molecule has 2 aromatic rings. The van der Waals surface area contributed by atoms with Crippen LogP contribution in [0.1, 0.15) is 13.3 Å². The highest BCUT2D eigenvalue weighted by Crippen LogP contribution is 2.27. The molecule has 1 heterocycles. The number of hydrogen-bond acceptors (Lipinski definition) is 4. The summed E-state index contributed by atoms with van der Waals surface area (Å²) in [6.07, 6.45) is -3.91. The van der Waals surface area contributed by atoms with Crippen molar-refractivity contribution in [1.29, 1.82) is 5.41 Å². The lowest BCUT2D eigenvalue weighted by molar-refractivity contribution is -0.274. The number of nitrogens with zero attached hydrogens (tertiary/aromatic N) is 1.